The third-order valence-electron chi connectivity index (χ3n) is 7.00. The predicted octanol–water partition coefficient (Wildman–Crippen LogP) is 3.96. The predicted molar refractivity (Wildman–Crippen MR) is 119 cm³/mol. The molecule has 0 aromatic carbocycles. The molecule has 1 aromatic rings. The maximum Gasteiger partial charge on any atom is 0.333 e. The molecule has 0 N–H and O–H groups in total. The average molecular weight is 438 g/mol. The van der Waals surface area contributed by atoms with Gasteiger partial charge in [-0.25, -0.2) is 4.79 Å². The van der Waals surface area contributed by atoms with Crippen LogP contribution in [-0.2, 0) is 15.7 Å². The van der Waals surface area contributed by atoms with Crippen LogP contribution in [0.5, 0.6) is 0 Å². The molecule has 10 heteroatoms. The second-order valence-electron chi connectivity index (χ2n) is 9.39. The number of aryl methyl sites for hydroxylation is 1. The fraction of sp³-hybridized carbons (Fsp3) is 0.800. The topological polar surface area (TPSA) is 111 Å². The maximum atomic E-state index is 12.8. The lowest BCUT2D eigenvalue weighted by atomic mass is 9.99. The second kappa shape index (κ2) is 9.09. The monoisotopic (exact) mass is 437 g/mol. The van der Waals surface area contributed by atoms with Crippen molar-refractivity contribution in [1.82, 2.24) is 9.13 Å². The average Bonchev–Trinajstić information content (AvgIpc) is 3.06. The van der Waals surface area contributed by atoms with Crippen LogP contribution >= 0.6 is 0 Å². The Morgan fingerprint density at radius 2 is 2.03 bits per heavy atom. The van der Waals surface area contributed by atoms with Gasteiger partial charge < -0.3 is 9.16 Å². The molecule has 0 aliphatic carbocycles. The zero-order chi connectivity index (χ0) is 22.9. The summed E-state index contributed by atoms with van der Waals surface area (Å²) in [6.07, 6.45) is 0.823. The molecule has 1 aliphatic heterocycles. The van der Waals surface area contributed by atoms with Gasteiger partial charge in [-0.15, -0.1) is 0 Å². The van der Waals surface area contributed by atoms with Crippen LogP contribution in [0.15, 0.2) is 20.9 Å². The van der Waals surface area contributed by atoms with Crippen LogP contribution in [0, 0.1) is 12.8 Å². The van der Waals surface area contributed by atoms with Crippen molar-refractivity contribution in [2.45, 2.75) is 91.0 Å². The summed E-state index contributed by atoms with van der Waals surface area (Å²) in [6, 6.07) is -0.443. The van der Waals surface area contributed by atoms with E-state index >= 15 is 0 Å². The van der Waals surface area contributed by atoms with E-state index in [1.807, 2.05) is 0 Å². The second-order valence-corrected chi connectivity index (χ2v) is 14.0. The summed E-state index contributed by atoms with van der Waals surface area (Å²) in [5.74, 6) is 0.459. The van der Waals surface area contributed by atoms with E-state index in [9.17, 15) is 9.59 Å². The number of nitrogens with zero attached hydrogens (tertiary/aromatic N) is 5. The number of ether oxygens (including phenoxy) is 1. The third kappa shape index (κ3) is 4.56. The van der Waals surface area contributed by atoms with Gasteiger partial charge in [-0.2, -0.15) is 0 Å². The SMILES string of the molecule is CCn1c(=O)c(C)cn([C@H]2C[C@H](N=[N+]=[N-])[C@@H](CO[Si](C)(C)C(C)(C)C(C)C)O2)c1=O. The van der Waals surface area contributed by atoms with E-state index < -0.39 is 32.4 Å². The van der Waals surface area contributed by atoms with Gasteiger partial charge in [0.05, 0.1) is 18.8 Å². The van der Waals surface area contributed by atoms with Crippen LogP contribution in [0.4, 0.5) is 0 Å². The number of azide groups is 1. The first-order valence-corrected chi connectivity index (χ1v) is 13.4. The van der Waals surface area contributed by atoms with Crippen LogP contribution in [0.1, 0.15) is 52.8 Å². The fourth-order valence-electron chi connectivity index (χ4n) is 3.64. The highest BCUT2D eigenvalue weighted by atomic mass is 28.4. The van der Waals surface area contributed by atoms with E-state index in [1.165, 1.54) is 15.3 Å². The normalized spacial score (nSPS) is 22.4. The summed E-state index contributed by atoms with van der Waals surface area (Å²) >= 11 is 0. The highest BCUT2D eigenvalue weighted by Crippen LogP contribution is 2.45. The van der Waals surface area contributed by atoms with Crippen molar-refractivity contribution in [3.63, 3.8) is 0 Å². The van der Waals surface area contributed by atoms with Crippen molar-refractivity contribution in [1.29, 1.82) is 0 Å². The van der Waals surface area contributed by atoms with Gasteiger partial charge in [0.1, 0.15) is 6.23 Å². The standard InChI is InChI=1S/C20H35N5O4Si/c1-9-24-18(26)14(4)11-25(19(24)27)17-10-15(22-23-21)16(29-17)12-28-30(7,8)20(5,6)13(2)3/h11,13,15-17H,9-10,12H2,1-8H3/t15-,16+,17+/m0/s1. The molecule has 1 saturated heterocycles. The van der Waals surface area contributed by atoms with Gasteiger partial charge in [-0.05, 0) is 43.4 Å². The number of aromatic nitrogens is 2. The highest BCUT2D eigenvalue weighted by Gasteiger charge is 2.45. The molecule has 30 heavy (non-hydrogen) atoms. The molecule has 3 atom stereocenters. The minimum Gasteiger partial charge on any atom is -0.414 e. The third-order valence-corrected chi connectivity index (χ3v) is 11.6. The Hall–Kier alpha value is -1.87. The first kappa shape index (κ1) is 24.4. The zero-order valence-corrected chi connectivity index (χ0v) is 20.4. The van der Waals surface area contributed by atoms with Crippen molar-refractivity contribution < 1.29 is 9.16 Å². The number of hydrogen-bond donors (Lipinski definition) is 0. The van der Waals surface area contributed by atoms with Crippen molar-refractivity contribution in [2.75, 3.05) is 6.61 Å². The minimum atomic E-state index is -2.09. The van der Waals surface area contributed by atoms with E-state index in [-0.39, 0.29) is 17.1 Å². The summed E-state index contributed by atoms with van der Waals surface area (Å²) in [6.45, 7) is 17.2. The van der Waals surface area contributed by atoms with Gasteiger partial charge in [0.2, 0.25) is 0 Å². The molecule has 0 amide bonds. The Morgan fingerprint density at radius 1 is 1.40 bits per heavy atom. The van der Waals surface area contributed by atoms with Crippen molar-refractivity contribution in [3.05, 3.63) is 43.0 Å². The molecular weight excluding hydrogens is 402 g/mol. The van der Waals surface area contributed by atoms with E-state index in [2.05, 4.69) is 50.8 Å². The molecule has 0 bridgehead atoms. The summed E-state index contributed by atoms with van der Waals surface area (Å²) in [5.41, 5.74) is 8.75. The van der Waals surface area contributed by atoms with Gasteiger partial charge in [-0.3, -0.25) is 13.9 Å². The van der Waals surface area contributed by atoms with Crippen molar-refractivity contribution >= 4 is 8.32 Å². The van der Waals surface area contributed by atoms with Gasteiger partial charge in [-0.1, -0.05) is 32.8 Å². The Balaban J connectivity index is 2.29. The Bertz CT molecular complexity index is 930. The number of hydrogen-bond acceptors (Lipinski definition) is 5. The van der Waals surface area contributed by atoms with Gasteiger partial charge in [0.25, 0.3) is 5.56 Å². The van der Waals surface area contributed by atoms with Crippen LogP contribution in [0.2, 0.25) is 18.1 Å². The van der Waals surface area contributed by atoms with E-state index in [4.69, 9.17) is 14.7 Å². The largest absolute Gasteiger partial charge is 0.414 e. The summed E-state index contributed by atoms with van der Waals surface area (Å²) in [7, 11) is -2.09. The van der Waals surface area contributed by atoms with Crippen LogP contribution in [0.3, 0.4) is 0 Å². The molecule has 2 heterocycles. The smallest absolute Gasteiger partial charge is 0.333 e. The minimum absolute atomic E-state index is 0.0453. The summed E-state index contributed by atoms with van der Waals surface area (Å²) < 4.78 is 15.2. The first-order valence-electron chi connectivity index (χ1n) is 10.5. The fourth-order valence-corrected chi connectivity index (χ4v) is 5.98. The molecule has 168 valence electrons. The maximum absolute atomic E-state index is 12.8. The summed E-state index contributed by atoms with van der Waals surface area (Å²) in [5, 5.41) is 3.94. The number of rotatable bonds is 8. The molecule has 0 radical (unpaired) electrons. The Morgan fingerprint density at radius 3 is 2.57 bits per heavy atom. The molecule has 0 unspecified atom stereocenters. The molecule has 1 aliphatic rings. The molecule has 1 fully saturated rings. The van der Waals surface area contributed by atoms with Crippen molar-refractivity contribution in [2.24, 2.45) is 11.0 Å². The molecule has 0 spiro atoms. The molecular formula is C20H35N5O4Si. The van der Waals surface area contributed by atoms with Gasteiger partial charge >= 0.3 is 5.69 Å². The Labute approximate surface area is 178 Å². The lowest BCUT2D eigenvalue weighted by Crippen LogP contribution is -2.47. The molecule has 9 nitrogen and oxygen atoms in total. The quantitative estimate of drug-likeness (QED) is 0.265. The zero-order valence-electron chi connectivity index (χ0n) is 19.4. The highest BCUT2D eigenvalue weighted by molar-refractivity contribution is 6.74. The summed E-state index contributed by atoms with van der Waals surface area (Å²) in [4.78, 5) is 27.9. The molecule has 2 rings (SSSR count). The lowest BCUT2D eigenvalue weighted by molar-refractivity contribution is -0.0256. The Kier molecular flexibility index (Phi) is 7.39. The lowest BCUT2D eigenvalue weighted by Gasteiger charge is -2.43. The van der Waals surface area contributed by atoms with E-state index in [0.717, 1.165) is 0 Å². The van der Waals surface area contributed by atoms with Gasteiger partial charge in [0, 0.05) is 29.6 Å². The molecule has 0 saturated carbocycles. The van der Waals surface area contributed by atoms with Crippen LogP contribution in [-0.4, -0.2) is 36.2 Å². The first-order chi connectivity index (χ1) is 13.9. The van der Waals surface area contributed by atoms with E-state index in [0.29, 0.717) is 24.5 Å². The van der Waals surface area contributed by atoms with Gasteiger partial charge in [0.15, 0.2) is 8.32 Å². The van der Waals surface area contributed by atoms with Crippen molar-refractivity contribution in [3.8, 4) is 0 Å². The molecule has 1 aromatic heterocycles. The van der Waals surface area contributed by atoms with Crippen LogP contribution in [0.25, 0.3) is 10.4 Å². The van der Waals surface area contributed by atoms with Crippen LogP contribution < -0.4 is 11.2 Å². The van der Waals surface area contributed by atoms with E-state index in [1.54, 1.807) is 13.8 Å².